The minimum Gasteiger partial charge on any atom is -0.477 e. The van der Waals surface area contributed by atoms with Crippen molar-refractivity contribution < 1.29 is 17.9 Å². The molecule has 3 aromatic rings. The predicted molar refractivity (Wildman–Crippen MR) is 138 cm³/mol. The highest BCUT2D eigenvalue weighted by Gasteiger charge is 2.43. The molecule has 2 fully saturated rings. The van der Waals surface area contributed by atoms with Crippen molar-refractivity contribution in [1.82, 2.24) is 24.9 Å². The molecule has 10 heteroatoms. The van der Waals surface area contributed by atoms with E-state index in [4.69, 9.17) is 4.74 Å². The first kappa shape index (κ1) is 25.4. The zero-order chi connectivity index (χ0) is 25.9. The number of ether oxygens (including phenoxy) is 1. The topological polar surface area (TPSA) is 125 Å². The third-order valence-corrected chi connectivity index (χ3v) is 9.31. The number of rotatable bonds is 10. The molecule has 0 N–H and O–H groups in total. The number of Topliss-reactive ketones (excluding diaryl/α,β-unsaturated/α-hetero) is 1. The van der Waals surface area contributed by atoms with Crippen molar-refractivity contribution >= 4 is 15.6 Å². The molecule has 9 nitrogen and oxygen atoms in total. The van der Waals surface area contributed by atoms with Gasteiger partial charge in [-0.1, -0.05) is 19.3 Å². The van der Waals surface area contributed by atoms with Crippen LogP contribution < -0.4 is 4.74 Å². The molecule has 5 rings (SSSR count). The largest absolute Gasteiger partial charge is 0.477 e. The van der Waals surface area contributed by atoms with E-state index in [-0.39, 0.29) is 29.0 Å². The van der Waals surface area contributed by atoms with Crippen molar-refractivity contribution in [2.24, 2.45) is 0 Å². The molecular formula is C27H31N5O4S. The van der Waals surface area contributed by atoms with Gasteiger partial charge in [-0.15, -0.1) is 0 Å². The van der Waals surface area contributed by atoms with Crippen molar-refractivity contribution in [2.45, 2.75) is 74.7 Å². The second kappa shape index (κ2) is 10.6. The van der Waals surface area contributed by atoms with E-state index >= 15 is 0 Å². The molecule has 0 aliphatic heterocycles. The predicted octanol–water partition coefficient (Wildman–Crippen LogP) is 3.82. The number of carbonyl (C=O) groups is 1. The molecule has 2 aliphatic rings. The summed E-state index contributed by atoms with van der Waals surface area (Å²) in [7, 11) is -3.25. The molecule has 2 aliphatic carbocycles. The number of ketones is 1. The Morgan fingerprint density at radius 2 is 1.84 bits per heavy atom. The number of nitrogens with zero attached hydrogens (tertiary/aromatic N) is 5. The van der Waals surface area contributed by atoms with Gasteiger partial charge in [-0.05, 0) is 50.8 Å². The molecule has 194 valence electrons. The van der Waals surface area contributed by atoms with E-state index in [0.29, 0.717) is 55.3 Å². The smallest absolute Gasteiger partial charge is 0.232 e. The fraction of sp³-hybridized carbons (Fsp3) is 0.481. The quantitative estimate of drug-likeness (QED) is 0.391. The average molecular weight is 522 g/mol. The van der Waals surface area contributed by atoms with E-state index < -0.39 is 15.3 Å². The third kappa shape index (κ3) is 5.69. The summed E-state index contributed by atoms with van der Waals surface area (Å²) in [5.74, 6) is 0.611. The fourth-order valence-electron chi connectivity index (χ4n) is 5.01. The lowest BCUT2D eigenvalue weighted by Crippen LogP contribution is -2.40. The van der Waals surface area contributed by atoms with Crippen LogP contribution >= 0.6 is 0 Å². The first-order valence-electron chi connectivity index (χ1n) is 12.9. The van der Waals surface area contributed by atoms with Crippen LogP contribution in [0.5, 0.6) is 5.88 Å². The Morgan fingerprint density at radius 1 is 1.03 bits per heavy atom. The van der Waals surface area contributed by atoms with Gasteiger partial charge >= 0.3 is 0 Å². The minimum atomic E-state index is -3.25. The van der Waals surface area contributed by atoms with Gasteiger partial charge in [-0.25, -0.2) is 23.4 Å². The molecule has 0 aromatic carbocycles. The fourth-order valence-corrected chi connectivity index (χ4v) is 6.60. The molecule has 0 unspecified atom stereocenters. The first-order valence-corrected chi connectivity index (χ1v) is 14.6. The van der Waals surface area contributed by atoms with Crippen LogP contribution in [-0.4, -0.2) is 51.0 Å². The minimum absolute atomic E-state index is 0.0558. The zero-order valence-electron chi connectivity index (χ0n) is 21.0. The van der Waals surface area contributed by atoms with Crippen molar-refractivity contribution in [1.29, 1.82) is 0 Å². The van der Waals surface area contributed by atoms with Crippen LogP contribution in [0.1, 0.15) is 69.1 Å². The first-order chi connectivity index (χ1) is 17.9. The van der Waals surface area contributed by atoms with Gasteiger partial charge in [0.05, 0.1) is 41.1 Å². The lowest BCUT2D eigenvalue weighted by molar-refractivity contribution is -0.125. The van der Waals surface area contributed by atoms with E-state index in [1.165, 1.54) is 0 Å². The second-order valence-electron chi connectivity index (χ2n) is 9.82. The van der Waals surface area contributed by atoms with Gasteiger partial charge in [0.1, 0.15) is 11.6 Å². The summed E-state index contributed by atoms with van der Waals surface area (Å²) in [6.45, 7) is 2.39. The molecule has 3 aromatic heterocycles. The average Bonchev–Trinajstić information content (AvgIpc) is 3.77. The number of hydrogen-bond donors (Lipinski definition) is 0. The Hall–Kier alpha value is -3.27. The lowest BCUT2D eigenvalue weighted by Gasteiger charge is -2.35. The van der Waals surface area contributed by atoms with Gasteiger partial charge in [-0.2, -0.15) is 0 Å². The maximum atomic E-state index is 13.8. The summed E-state index contributed by atoms with van der Waals surface area (Å²) in [6, 6.07) is 5.50. The van der Waals surface area contributed by atoms with Crippen LogP contribution in [0, 0.1) is 0 Å². The number of sulfone groups is 1. The van der Waals surface area contributed by atoms with Crippen LogP contribution in [0.3, 0.4) is 0 Å². The summed E-state index contributed by atoms with van der Waals surface area (Å²) in [4.78, 5) is 35.9. The van der Waals surface area contributed by atoms with Crippen LogP contribution in [0.4, 0.5) is 0 Å². The van der Waals surface area contributed by atoms with Crippen LogP contribution in [0.15, 0.2) is 43.0 Å². The van der Waals surface area contributed by atoms with Crippen LogP contribution in [0.2, 0.25) is 0 Å². The SMILES string of the molecule is CCOc1cncc(-c2ccc(CC(=O)C3(c4ccnc(CS(=O)(=O)C5CC5)n4)CCCCC3)nc2)n1. The van der Waals surface area contributed by atoms with E-state index in [1.54, 1.807) is 30.9 Å². The van der Waals surface area contributed by atoms with Crippen molar-refractivity contribution in [3.05, 3.63) is 60.2 Å². The number of pyridine rings is 1. The maximum absolute atomic E-state index is 13.8. The summed E-state index contributed by atoms with van der Waals surface area (Å²) in [5.41, 5.74) is 1.98. The van der Waals surface area contributed by atoms with E-state index in [9.17, 15) is 13.2 Å². The van der Waals surface area contributed by atoms with Crippen molar-refractivity contribution in [2.75, 3.05) is 6.61 Å². The monoisotopic (exact) mass is 521 g/mol. The normalized spacial score (nSPS) is 17.3. The van der Waals surface area contributed by atoms with E-state index in [1.807, 2.05) is 19.1 Å². The Morgan fingerprint density at radius 3 is 2.54 bits per heavy atom. The lowest BCUT2D eigenvalue weighted by atomic mass is 9.68. The van der Waals surface area contributed by atoms with Gasteiger partial charge in [0, 0.05) is 30.1 Å². The molecular weight excluding hydrogens is 490 g/mol. The summed E-state index contributed by atoms with van der Waals surface area (Å²) < 4.78 is 30.5. The Labute approximate surface area is 217 Å². The van der Waals surface area contributed by atoms with Gasteiger partial charge in [0.15, 0.2) is 15.6 Å². The maximum Gasteiger partial charge on any atom is 0.232 e. The van der Waals surface area contributed by atoms with Crippen molar-refractivity contribution in [3.8, 4) is 17.1 Å². The number of hydrogen-bond acceptors (Lipinski definition) is 9. The third-order valence-electron chi connectivity index (χ3n) is 7.17. The molecule has 3 heterocycles. The molecule has 0 atom stereocenters. The zero-order valence-corrected chi connectivity index (χ0v) is 21.8. The summed E-state index contributed by atoms with van der Waals surface area (Å²) in [6.07, 6.45) is 12.4. The highest BCUT2D eigenvalue weighted by atomic mass is 32.2. The highest BCUT2D eigenvalue weighted by molar-refractivity contribution is 7.91. The van der Waals surface area contributed by atoms with Gasteiger partial charge in [-0.3, -0.25) is 14.8 Å². The molecule has 37 heavy (non-hydrogen) atoms. The molecule has 0 saturated heterocycles. The molecule has 0 bridgehead atoms. The van der Waals surface area contributed by atoms with Gasteiger partial charge < -0.3 is 4.74 Å². The number of aromatic nitrogens is 5. The standard InChI is InChI=1S/C27H31N5O4S/c1-2-36-26-17-28-16-22(31-26)19-6-7-20(30-15-19)14-24(33)27(11-4-3-5-12-27)23-10-13-29-25(32-23)18-37(34,35)21-8-9-21/h6-7,10,13,15-17,21H,2-5,8-9,11-12,14,18H2,1H3. The van der Waals surface area contributed by atoms with E-state index in [0.717, 1.165) is 24.8 Å². The van der Waals surface area contributed by atoms with Gasteiger partial charge in [0.2, 0.25) is 5.88 Å². The summed E-state index contributed by atoms with van der Waals surface area (Å²) in [5, 5.41) is -0.272. The van der Waals surface area contributed by atoms with Crippen LogP contribution in [-0.2, 0) is 32.2 Å². The molecule has 0 amide bonds. The summed E-state index contributed by atoms with van der Waals surface area (Å²) >= 11 is 0. The second-order valence-corrected chi connectivity index (χ2v) is 12.1. The molecule has 0 spiro atoms. The highest BCUT2D eigenvalue weighted by Crippen LogP contribution is 2.40. The van der Waals surface area contributed by atoms with E-state index in [2.05, 4.69) is 24.9 Å². The molecule has 2 saturated carbocycles. The Kier molecular flexibility index (Phi) is 7.28. The Bertz CT molecular complexity index is 1370. The number of carbonyl (C=O) groups excluding carboxylic acids is 1. The Balaban J connectivity index is 1.36. The molecule has 0 radical (unpaired) electrons. The van der Waals surface area contributed by atoms with Crippen LogP contribution in [0.25, 0.3) is 11.3 Å². The van der Waals surface area contributed by atoms with Gasteiger partial charge in [0.25, 0.3) is 0 Å². The van der Waals surface area contributed by atoms with Crippen molar-refractivity contribution in [3.63, 3.8) is 0 Å².